The van der Waals surface area contributed by atoms with Crippen LogP contribution in [-0.2, 0) is 11.2 Å². The predicted octanol–water partition coefficient (Wildman–Crippen LogP) is 5.93. The minimum atomic E-state index is -4.80. The van der Waals surface area contributed by atoms with Crippen LogP contribution in [-0.4, -0.2) is 48.9 Å². The Morgan fingerprint density at radius 1 is 0.976 bits per heavy atom. The molecule has 0 bridgehead atoms. The third kappa shape index (κ3) is 8.39. The van der Waals surface area contributed by atoms with Crippen LogP contribution in [0.25, 0.3) is 0 Å². The highest BCUT2D eigenvalue weighted by Crippen LogP contribution is 2.31. The Labute approximate surface area is 243 Å². The first-order chi connectivity index (χ1) is 20.0. The van der Waals surface area contributed by atoms with E-state index in [0.717, 1.165) is 23.3 Å². The van der Waals surface area contributed by atoms with Gasteiger partial charge in [-0.1, -0.05) is 23.9 Å². The highest BCUT2D eigenvalue weighted by molar-refractivity contribution is 8.15. The summed E-state index contributed by atoms with van der Waals surface area (Å²) in [7, 11) is 1.56. The van der Waals surface area contributed by atoms with Crippen molar-refractivity contribution >= 4 is 52.0 Å². The van der Waals surface area contributed by atoms with Gasteiger partial charge in [-0.05, 0) is 79.1 Å². The molecular weight excluding hydrogens is 575 g/mol. The van der Waals surface area contributed by atoms with Crippen LogP contribution in [0.1, 0.15) is 11.1 Å². The predicted molar refractivity (Wildman–Crippen MR) is 154 cm³/mol. The van der Waals surface area contributed by atoms with Crippen molar-refractivity contribution in [1.82, 2.24) is 5.32 Å². The monoisotopic (exact) mass is 601 g/mol. The Morgan fingerprint density at radius 2 is 1.60 bits per heavy atom. The fourth-order valence-electron chi connectivity index (χ4n) is 3.92. The van der Waals surface area contributed by atoms with E-state index in [2.05, 4.69) is 25.7 Å². The lowest BCUT2D eigenvalue weighted by Gasteiger charge is -2.18. The van der Waals surface area contributed by atoms with E-state index >= 15 is 0 Å². The van der Waals surface area contributed by atoms with E-state index in [1.165, 1.54) is 28.8 Å². The number of nitrogens with one attached hydrogen (secondary N) is 3. The number of benzene rings is 3. The molecule has 5 amide bonds. The minimum absolute atomic E-state index is 0.171. The molecule has 1 heterocycles. The maximum absolute atomic E-state index is 12.5. The summed E-state index contributed by atoms with van der Waals surface area (Å²) in [6.07, 6.45) is -4.31. The number of urea groups is 2. The number of hydrogen-bond donors (Lipinski definition) is 3. The average Bonchev–Trinajstić information content (AvgIpc) is 3.29. The largest absolute Gasteiger partial charge is 0.573 e. The Balaban J connectivity index is 1.25. The van der Waals surface area contributed by atoms with Crippen molar-refractivity contribution in [3.63, 3.8) is 0 Å². The van der Waals surface area contributed by atoms with Crippen molar-refractivity contribution in [2.75, 3.05) is 34.9 Å². The number of amidine groups is 1. The van der Waals surface area contributed by atoms with Gasteiger partial charge in [-0.15, -0.1) is 13.2 Å². The summed E-state index contributed by atoms with van der Waals surface area (Å²) in [5.41, 5.74) is 3.09. The number of carbonyl (C=O) groups is 3. The van der Waals surface area contributed by atoms with Crippen molar-refractivity contribution in [1.29, 1.82) is 0 Å². The summed E-state index contributed by atoms with van der Waals surface area (Å²) >= 11 is 1.19. The van der Waals surface area contributed by atoms with Gasteiger partial charge in [0.15, 0.2) is 5.17 Å². The molecule has 14 heteroatoms. The highest BCUT2D eigenvalue weighted by Gasteiger charge is 2.32. The first kappa shape index (κ1) is 30.2. The molecule has 3 aromatic rings. The molecule has 1 aliphatic heterocycles. The van der Waals surface area contributed by atoms with Gasteiger partial charge in [-0.25, -0.2) is 9.59 Å². The molecule has 1 saturated heterocycles. The van der Waals surface area contributed by atoms with Crippen LogP contribution < -0.4 is 30.3 Å². The van der Waals surface area contributed by atoms with Gasteiger partial charge >= 0.3 is 18.4 Å². The van der Waals surface area contributed by atoms with E-state index in [1.54, 1.807) is 49.6 Å². The van der Waals surface area contributed by atoms with Crippen LogP contribution >= 0.6 is 11.8 Å². The van der Waals surface area contributed by atoms with Gasteiger partial charge in [0.25, 0.3) is 0 Å². The van der Waals surface area contributed by atoms with Gasteiger partial charge in [0.2, 0.25) is 5.91 Å². The second kappa shape index (κ2) is 13.3. The van der Waals surface area contributed by atoms with Crippen LogP contribution in [0.4, 0.5) is 39.8 Å². The zero-order valence-corrected chi connectivity index (χ0v) is 23.3. The molecule has 0 atom stereocenters. The molecule has 0 radical (unpaired) electrons. The van der Waals surface area contributed by atoms with Crippen LogP contribution in [0.3, 0.4) is 0 Å². The van der Waals surface area contributed by atoms with Crippen LogP contribution in [0.2, 0.25) is 0 Å². The van der Waals surface area contributed by atoms with Gasteiger partial charge in [-0.3, -0.25) is 9.69 Å². The summed E-state index contributed by atoms with van der Waals surface area (Å²) in [4.78, 5) is 42.7. The molecule has 220 valence electrons. The Morgan fingerprint density at radius 3 is 2.19 bits per heavy atom. The molecule has 42 heavy (non-hydrogen) atoms. The van der Waals surface area contributed by atoms with E-state index < -0.39 is 24.2 Å². The summed E-state index contributed by atoms with van der Waals surface area (Å²) in [5.74, 6) is 0.270. The first-order valence-electron chi connectivity index (χ1n) is 12.5. The number of carbonyl (C=O) groups excluding carboxylic acids is 3. The quantitative estimate of drug-likeness (QED) is 0.294. The smallest absolute Gasteiger partial charge is 0.497 e. The first-order valence-corrected chi connectivity index (χ1v) is 13.5. The Kier molecular flexibility index (Phi) is 9.57. The lowest BCUT2D eigenvalue weighted by molar-refractivity contribution is -0.274. The van der Waals surface area contributed by atoms with Gasteiger partial charge in [0, 0.05) is 17.9 Å². The summed E-state index contributed by atoms with van der Waals surface area (Å²) in [5, 5.41) is 8.16. The fourth-order valence-corrected chi connectivity index (χ4v) is 4.77. The van der Waals surface area contributed by atoms with E-state index in [4.69, 9.17) is 4.74 Å². The van der Waals surface area contributed by atoms with Crippen molar-refractivity contribution in [3.8, 4) is 11.5 Å². The molecule has 0 saturated carbocycles. The number of methoxy groups -OCH3 is 1. The lowest BCUT2D eigenvalue weighted by atomic mass is 10.1. The topological polar surface area (TPSA) is 121 Å². The van der Waals surface area contributed by atoms with Gasteiger partial charge < -0.3 is 25.4 Å². The number of anilines is 3. The number of thioether (sulfide) groups is 1. The second-order valence-electron chi connectivity index (χ2n) is 8.89. The third-order valence-corrected chi connectivity index (χ3v) is 6.78. The van der Waals surface area contributed by atoms with Crippen molar-refractivity contribution in [2.24, 2.45) is 4.99 Å². The Hall–Kier alpha value is -4.72. The molecule has 3 aromatic carbocycles. The maximum Gasteiger partial charge on any atom is 0.573 e. The molecule has 1 aliphatic rings. The Bertz CT molecular complexity index is 1480. The lowest BCUT2D eigenvalue weighted by Crippen LogP contribution is -2.32. The van der Waals surface area contributed by atoms with Crippen molar-refractivity contribution < 1.29 is 37.0 Å². The molecule has 3 N–H and O–H groups in total. The van der Waals surface area contributed by atoms with E-state index in [1.807, 2.05) is 6.92 Å². The summed E-state index contributed by atoms with van der Waals surface area (Å²) < 4.78 is 45.8. The molecule has 4 rings (SSSR count). The van der Waals surface area contributed by atoms with Gasteiger partial charge in [0.1, 0.15) is 11.5 Å². The maximum atomic E-state index is 12.5. The number of aryl methyl sites for hydroxylation is 1. The zero-order chi connectivity index (χ0) is 30.3. The number of hydrogen-bond acceptors (Lipinski definition) is 6. The number of amides is 5. The van der Waals surface area contributed by atoms with Crippen LogP contribution in [0, 0.1) is 6.92 Å². The SMILES string of the molecule is COc1ccc(N2C(=O)CS/C2=N\C(=O)NCCc2ccc(NC(=O)Nc3ccc(OC(F)(F)F)cc3)cc2)c(C)c1. The average molecular weight is 602 g/mol. The van der Waals surface area contributed by atoms with E-state index in [9.17, 15) is 27.6 Å². The number of aliphatic imine (C=N–C) groups is 1. The number of rotatable bonds is 8. The minimum Gasteiger partial charge on any atom is -0.497 e. The van der Waals surface area contributed by atoms with Crippen LogP contribution in [0.5, 0.6) is 11.5 Å². The molecular formula is C28H26F3N5O5S. The second-order valence-corrected chi connectivity index (χ2v) is 9.84. The number of nitrogens with zero attached hydrogens (tertiary/aromatic N) is 2. The van der Waals surface area contributed by atoms with Crippen molar-refractivity contribution in [3.05, 3.63) is 77.9 Å². The third-order valence-electron chi connectivity index (χ3n) is 5.85. The molecule has 0 unspecified atom stereocenters. The van der Waals surface area contributed by atoms with Gasteiger partial charge in [0.05, 0.1) is 18.6 Å². The molecule has 0 spiro atoms. The van der Waals surface area contributed by atoms with Gasteiger partial charge in [-0.2, -0.15) is 4.99 Å². The summed E-state index contributed by atoms with van der Waals surface area (Å²) in [6.45, 7) is 2.13. The number of ether oxygens (including phenoxy) is 2. The molecule has 1 fully saturated rings. The zero-order valence-electron chi connectivity index (χ0n) is 22.4. The normalized spacial score (nSPS) is 14.1. The van der Waals surface area contributed by atoms with Crippen molar-refractivity contribution in [2.45, 2.75) is 19.7 Å². The number of halogens is 3. The molecule has 0 aromatic heterocycles. The fraction of sp³-hybridized carbons (Fsp3) is 0.214. The molecule has 10 nitrogen and oxygen atoms in total. The molecule has 0 aliphatic carbocycles. The van der Waals surface area contributed by atoms with Crippen LogP contribution in [0.15, 0.2) is 71.7 Å². The van der Waals surface area contributed by atoms with E-state index in [0.29, 0.717) is 28.7 Å². The number of alkyl halides is 3. The highest BCUT2D eigenvalue weighted by atomic mass is 32.2. The summed E-state index contributed by atoms with van der Waals surface area (Å²) in [6, 6.07) is 15.8. The van der Waals surface area contributed by atoms with E-state index in [-0.39, 0.29) is 23.9 Å². The standard InChI is InChI=1S/C28H26F3N5O5S/c1-17-15-22(40-2)11-12-23(17)36-24(37)16-42-27(36)35-25(38)32-14-13-18-3-5-19(6-4-18)33-26(39)34-20-7-9-21(10-8-20)41-28(29,30)31/h3-12,15H,13-14,16H2,1-2H3,(H,32,38)(H2,33,34,39)/b35-27-.